The fraction of sp³-hybridized carbons (Fsp3) is 0.350. The summed E-state index contributed by atoms with van der Waals surface area (Å²) in [6, 6.07) is 12.2. The summed E-state index contributed by atoms with van der Waals surface area (Å²) in [5.41, 5.74) is 3.80. The fourth-order valence-electron chi connectivity index (χ4n) is 3.16. The van der Waals surface area contributed by atoms with E-state index in [1.807, 2.05) is 24.8 Å². The highest BCUT2D eigenvalue weighted by molar-refractivity contribution is 7.99. The minimum atomic E-state index is -3.72. The van der Waals surface area contributed by atoms with Crippen molar-refractivity contribution in [2.45, 2.75) is 24.8 Å². The Morgan fingerprint density at radius 3 is 2.36 bits per heavy atom. The van der Waals surface area contributed by atoms with Gasteiger partial charge in [0.2, 0.25) is 15.9 Å². The zero-order chi connectivity index (χ0) is 20.1. The molecule has 0 saturated carbocycles. The highest BCUT2D eigenvalue weighted by Gasteiger charge is 2.13. The predicted molar refractivity (Wildman–Crippen MR) is 114 cm³/mol. The first kappa shape index (κ1) is 20.9. The van der Waals surface area contributed by atoms with Gasteiger partial charge in [-0.1, -0.05) is 24.3 Å². The molecule has 1 aliphatic heterocycles. The number of nitrogens with two attached hydrogens (primary N) is 1. The van der Waals surface area contributed by atoms with E-state index >= 15 is 0 Å². The lowest BCUT2D eigenvalue weighted by atomic mass is 10.1. The number of carbonyl (C=O) groups is 1. The first-order chi connectivity index (χ1) is 13.3. The summed E-state index contributed by atoms with van der Waals surface area (Å²) in [5, 5.41) is 8.02. The lowest BCUT2D eigenvalue weighted by Crippen LogP contribution is -2.31. The van der Waals surface area contributed by atoms with E-state index in [0.29, 0.717) is 0 Å². The van der Waals surface area contributed by atoms with E-state index in [1.165, 1.54) is 29.2 Å². The van der Waals surface area contributed by atoms with Gasteiger partial charge in [-0.3, -0.25) is 9.69 Å². The van der Waals surface area contributed by atoms with Crippen LogP contribution in [0.3, 0.4) is 0 Å². The smallest absolute Gasteiger partial charge is 0.238 e. The van der Waals surface area contributed by atoms with Gasteiger partial charge in [-0.05, 0) is 41.8 Å². The molecule has 1 amide bonds. The molecule has 2 aromatic carbocycles. The number of amides is 1. The SMILES string of the molecule is Cc1cc(CN2CCSCC2)ccc1NC(=O)Cc1ccc(S(N)(=O)=O)cc1. The third-order valence-electron chi connectivity index (χ3n) is 4.69. The first-order valence-electron chi connectivity index (χ1n) is 9.12. The normalized spacial score (nSPS) is 15.4. The van der Waals surface area contributed by atoms with Crippen LogP contribution in [0.5, 0.6) is 0 Å². The second-order valence-electron chi connectivity index (χ2n) is 6.95. The van der Waals surface area contributed by atoms with Gasteiger partial charge >= 0.3 is 0 Å². The van der Waals surface area contributed by atoms with E-state index in [-0.39, 0.29) is 17.2 Å². The van der Waals surface area contributed by atoms with Crippen molar-refractivity contribution in [3.8, 4) is 0 Å². The maximum absolute atomic E-state index is 12.4. The summed E-state index contributed by atoms with van der Waals surface area (Å²) in [4.78, 5) is 14.8. The van der Waals surface area contributed by atoms with Crippen LogP contribution in [0.4, 0.5) is 5.69 Å². The molecule has 0 aromatic heterocycles. The van der Waals surface area contributed by atoms with Crippen LogP contribution < -0.4 is 10.5 Å². The number of primary sulfonamides is 1. The van der Waals surface area contributed by atoms with Crippen LogP contribution in [0, 0.1) is 6.92 Å². The van der Waals surface area contributed by atoms with Crippen molar-refractivity contribution in [2.75, 3.05) is 29.9 Å². The molecule has 6 nitrogen and oxygen atoms in total. The minimum absolute atomic E-state index is 0.0374. The van der Waals surface area contributed by atoms with E-state index < -0.39 is 10.0 Å². The van der Waals surface area contributed by atoms with Crippen LogP contribution in [-0.2, 0) is 27.8 Å². The van der Waals surface area contributed by atoms with Gasteiger partial charge in [0.15, 0.2) is 0 Å². The van der Waals surface area contributed by atoms with Crippen LogP contribution in [0.2, 0.25) is 0 Å². The summed E-state index contributed by atoms with van der Waals surface area (Å²) in [5.74, 6) is 2.23. The van der Waals surface area contributed by atoms with Gasteiger partial charge < -0.3 is 5.32 Å². The van der Waals surface area contributed by atoms with Crippen molar-refractivity contribution in [1.29, 1.82) is 0 Å². The van der Waals surface area contributed by atoms with E-state index in [0.717, 1.165) is 36.4 Å². The van der Waals surface area contributed by atoms with Gasteiger partial charge in [-0.25, -0.2) is 13.6 Å². The number of nitrogens with one attached hydrogen (secondary N) is 1. The molecule has 0 atom stereocenters. The van der Waals surface area contributed by atoms with Crippen LogP contribution >= 0.6 is 11.8 Å². The molecule has 150 valence electrons. The summed E-state index contributed by atoms with van der Waals surface area (Å²) in [6.45, 7) is 5.16. The molecular weight excluding hydrogens is 394 g/mol. The number of benzene rings is 2. The van der Waals surface area contributed by atoms with Crippen molar-refractivity contribution in [3.63, 3.8) is 0 Å². The van der Waals surface area contributed by atoms with E-state index in [4.69, 9.17) is 5.14 Å². The lowest BCUT2D eigenvalue weighted by molar-refractivity contribution is -0.115. The molecule has 28 heavy (non-hydrogen) atoms. The van der Waals surface area contributed by atoms with Crippen molar-refractivity contribution >= 4 is 33.4 Å². The topological polar surface area (TPSA) is 92.5 Å². The molecule has 1 aliphatic rings. The molecule has 0 radical (unpaired) electrons. The van der Waals surface area contributed by atoms with E-state index in [1.54, 1.807) is 12.1 Å². The molecule has 0 aliphatic carbocycles. The molecule has 8 heteroatoms. The molecule has 0 spiro atoms. The van der Waals surface area contributed by atoms with Crippen molar-refractivity contribution in [2.24, 2.45) is 5.14 Å². The van der Waals surface area contributed by atoms with Gasteiger partial charge in [-0.2, -0.15) is 11.8 Å². The second-order valence-corrected chi connectivity index (χ2v) is 9.74. The predicted octanol–water partition coefficient (Wildman–Crippen LogP) is 2.37. The van der Waals surface area contributed by atoms with Crippen LogP contribution in [0.25, 0.3) is 0 Å². The van der Waals surface area contributed by atoms with Crippen molar-refractivity contribution in [1.82, 2.24) is 4.90 Å². The molecule has 1 saturated heterocycles. The lowest BCUT2D eigenvalue weighted by Gasteiger charge is -2.26. The molecule has 3 N–H and O–H groups in total. The van der Waals surface area contributed by atoms with Gasteiger partial charge in [-0.15, -0.1) is 0 Å². The zero-order valence-electron chi connectivity index (χ0n) is 15.8. The summed E-state index contributed by atoms with van der Waals surface area (Å²) < 4.78 is 22.6. The number of aryl methyl sites for hydroxylation is 1. The first-order valence-corrected chi connectivity index (χ1v) is 11.8. The number of anilines is 1. The molecule has 3 rings (SSSR count). The van der Waals surface area contributed by atoms with Crippen LogP contribution in [0.15, 0.2) is 47.4 Å². The number of hydrogen-bond donors (Lipinski definition) is 2. The number of sulfonamides is 1. The van der Waals surface area contributed by atoms with Crippen LogP contribution in [0.1, 0.15) is 16.7 Å². The number of hydrogen-bond acceptors (Lipinski definition) is 5. The average molecular weight is 420 g/mol. The largest absolute Gasteiger partial charge is 0.326 e. The average Bonchev–Trinajstić information content (AvgIpc) is 2.64. The van der Waals surface area contributed by atoms with Crippen molar-refractivity contribution < 1.29 is 13.2 Å². The Morgan fingerprint density at radius 1 is 1.11 bits per heavy atom. The molecule has 1 fully saturated rings. The standard InChI is InChI=1S/C20H25N3O3S2/c1-15-12-17(14-23-8-10-27-11-9-23)4-7-19(15)22-20(24)13-16-2-5-18(6-3-16)28(21,25)26/h2-7,12H,8-11,13-14H2,1H3,(H,22,24)(H2,21,25,26). The third-order valence-corrected chi connectivity index (χ3v) is 6.56. The monoisotopic (exact) mass is 419 g/mol. The Kier molecular flexibility index (Phi) is 6.77. The van der Waals surface area contributed by atoms with E-state index in [2.05, 4.69) is 22.3 Å². The second kappa shape index (κ2) is 9.09. The molecule has 2 aromatic rings. The fourth-order valence-corrected chi connectivity index (χ4v) is 4.65. The number of nitrogens with zero attached hydrogens (tertiary/aromatic N) is 1. The number of thioether (sulfide) groups is 1. The quantitative estimate of drug-likeness (QED) is 0.750. The molecule has 0 unspecified atom stereocenters. The minimum Gasteiger partial charge on any atom is -0.326 e. The number of rotatable bonds is 6. The number of carbonyl (C=O) groups excluding carboxylic acids is 1. The highest BCUT2D eigenvalue weighted by atomic mass is 32.2. The summed E-state index contributed by atoms with van der Waals surface area (Å²) in [7, 11) is -3.72. The van der Waals surface area contributed by atoms with Crippen molar-refractivity contribution in [3.05, 3.63) is 59.2 Å². The third kappa shape index (κ3) is 5.81. The Hall–Kier alpha value is -1.87. The highest BCUT2D eigenvalue weighted by Crippen LogP contribution is 2.20. The summed E-state index contributed by atoms with van der Waals surface area (Å²) in [6.07, 6.45) is 0.164. The molecular formula is C20H25N3O3S2. The van der Waals surface area contributed by atoms with Gasteiger partial charge in [0.1, 0.15) is 0 Å². The maximum atomic E-state index is 12.4. The van der Waals surface area contributed by atoms with E-state index in [9.17, 15) is 13.2 Å². The van der Waals surface area contributed by atoms with Crippen LogP contribution in [-0.4, -0.2) is 43.8 Å². The van der Waals surface area contributed by atoms with Gasteiger partial charge in [0.25, 0.3) is 0 Å². The Balaban J connectivity index is 1.59. The Bertz CT molecular complexity index is 938. The van der Waals surface area contributed by atoms with Gasteiger partial charge in [0, 0.05) is 36.8 Å². The zero-order valence-corrected chi connectivity index (χ0v) is 17.5. The van der Waals surface area contributed by atoms with Gasteiger partial charge in [0.05, 0.1) is 11.3 Å². The maximum Gasteiger partial charge on any atom is 0.238 e. The summed E-state index contributed by atoms with van der Waals surface area (Å²) >= 11 is 2.00. The Morgan fingerprint density at radius 2 is 1.75 bits per heavy atom. The molecule has 0 bridgehead atoms. The molecule has 1 heterocycles. The Labute approximate surface area is 170 Å².